The van der Waals surface area contributed by atoms with E-state index in [-0.39, 0.29) is 5.92 Å². The lowest BCUT2D eigenvalue weighted by molar-refractivity contribution is 0.301. The van der Waals surface area contributed by atoms with Gasteiger partial charge >= 0.3 is 0 Å². The quantitative estimate of drug-likeness (QED) is 0.606. The first-order valence-corrected chi connectivity index (χ1v) is 8.42. The van der Waals surface area contributed by atoms with Crippen molar-refractivity contribution in [3.05, 3.63) is 77.9 Å². The van der Waals surface area contributed by atoms with Crippen molar-refractivity contribution >= 4 is 11.3 Å². The van der Waals surface area contributed by atoms with Gasteiger partial charge < -0.3 is 5.21 Å². The van der Waals surface area contributed by atoms with Gasteiger partial charge in [0.1, 0.15) is 0 Å². The van der Waals surface area contributed by atoms with Crippen LogP contribution >= 0.6 is 0 Å². The number of rotatable bonds is 2. The lowest BCUT2D eigenvalue weighted by atomic mass is 9.63. The largest absolute Gasteiger partial charge is 0.411 e. The van der Waals surface area contributed by atoms with Gasteiger partial charge in [-0.3, -0.25) is 0 Å². The van der Waals surface area contributed by atoms with Crippen molar-refractivity contribution < 1.29 is 5.21 Å². The minimum absolute atomic E-state index is 0.265. The van der Waals surface area contributed by atoms with Crippen LogP contribution in [0.15, 0.2) is 71.9 Å². The molecule has 2 aliphatic rings. The lowest BCUT2D eigenvalue weighted by Crippen LogP contribution is -2.36. The van der Waals surface area contributed by atoms with Gasteiger partial charge in [0.15, 0.2) is 0 Å². The average molecular weight is 303 g/mol. The molecule has 2 aromatic carbocycles. The van der Waals surface area contributed by atoms with Gasteiger partial charge in [-0.05, 0) is 29.5 Å². The third-order valence-corrected chi connectivity index (χ3v) is 5.32. The van der Waals surface area contributed by atoms with E-state index in [1.807, 2.05) is 6.07 Å². The zero-order chi connectivity index (χ0) is 15.6. The summed E-state index contributed by atoms with van der Waals surface area (Å²) in [6, 6.07) is 21.2. The highest BCUT2D eigenvalue weighted by Gasteiger charge is 2.40. The number of fused-ring (bicyclic) bond motifs is 2. The Labute approximate surface area is 137 Å². The minimum atomic E-state index is 0.265. The molecule has 0 amide bonds. The molecular weight excluding hydrogens is 282 g/mol. The number of hydrogen-bond acceptors (Lipinski definition) is 2. The van der Waals surface area contributed by atoms with Gasteiger partial charge in [-0.1, -0.05) is 78.3 Å². The first kappa shape index (κ1) is 14.3. The molecule has 2 nitrogen and oxygen atoms in total. The Morgan fingerprint density at radius 2 is 1.57 bits per heavy atom. The van der Waals surface area contributed by atoms with Crippen LogP contribution in [0.25, 0.3) is 5.57 Å². The summed E-state index contributed by atoms with van der Waals surface area (Å²) in [6.07, 6.45) is 5.81. The highest BCUT2D eigenvalue weighted by Crippen LogP contribution is 2.48. The van der Waals surface area contributed by atoms with E-state index in [0.29, 0.717) is 11.8 Å². The van der Waals surface area contributed by atoms with Crippen molar-refractivity contribution in [3.8, 4) is 0 Å². The van der Waals surface area contributed by atoms with Crippen molar-refractivity contribution in [2.45, 2.75) is 25.2 Å². The van der Waals surface area contributed by atoms with Gasteiger partial charge in [-0.2, -0.15) is 0 Å². The maximum atomic E-state index is 9.69. The van der Waals surface area contributed by atoms with E-state index in [2.05, 4.69) is 65.8 Å². The first-order chi connectivity index (χ1) is 11.4. The van der Waals surface area contributed by atoms with Crippen LogP contribution in [0.5, 0.6) is 0 Å². The van der Waals surface area contributed by atoms with Crippen molar-refractivity contribution in [3.63, 3.8) is 0 Å². The number of hydrogen-bond donors (Lipinski definition) is 1. The third-order valence-electron chi connectivity index (χ3n) is 5.32. The van der Waals surface area contributed by atoms with Crippen LogP contribution in [0.3, 0.4) is 0 Å². The van der Waals surface area contributed by atoms with Crippen molar-refractivity contribution in [2.75, 3.05) is 0 Å². The maximum Gasteiger partial charge on any atom is 0.0685 e. The molecule has 23 heavy (non-hydrogen) atoms. The summed E-state index contributed by atoms with van der Waals surface area (Å²) in [7, 11) is 0. The minimum Gasteiger partial charge on any atom is -0.411 e. The van der Waals surface area contributed by atoms with E-state index >= 15 is 0 Å². The van der Waals surface area contributed by atoms with E-state index in [4.69, 9.17) is 0 Å². The molecule has 0 saturated heterocycles. The molecular formula is C21H21NO. The fourth-order valence-corrected chi connectivity index (χ4v) is 4.28. The van der Waals surface area contributed by atoms with Crippen LogP contribution in [0.1, 0.15) is 36.3 Å². The highest BCUT2D eigenvalue weighted by molar-refractivity contribution is 6.01. The van der Waals surface area contributed by atoms with Crippen LogP contribution < -0.4 is 0 Å². The second-order valence-corrected chi connectivity index (χ2v) is 6.54. The Kier molecular flexibility index (Phi) is 3.74. The van der Waals surface area contributed by atoms with Gasteiger partial charge in [0.05, 0.1) is 5.71 Å². The normalized spacial score (nSPS) is 28.4. The van der Waals surface area contributed by atoms with Gasteiger partial charge in [-0.25, -0.2) is 0 Å². The monoisotopic (exact) mass is 303 g/mol. The first-order valence-electron chi connectivity index (χ1n) is 8.42. The molecule has 2 aliphatic carbocycles. The molecule has 0 radical (unpaired) electrons. The SMILES string of the molecule is ON=C1C2CCCC1C(c1ccccc1)C=C2c1ccccc1. The Morgan fingerprint density at radius 3 is 2.26 bits per heavy atom. The maximum absolute atomic E-state index is 9.69. The Bertz CT molecular complexity index is 733. The average Bonchev–Trinajstić information content (AvgIpc) is 2.63. The Morgan fingerprint density at radius 1 is 0.870 bits per heavy atom. The molecule has 0 aliphatic heterocycles. The second kappa shape index (κ2) is 6.04. The van der Waals surface area contributed by atoms with E-state index in [1.54, 1.807) is 0 Å². The highest BCUT2D eigenvalue weighted by atomic mass is 16.4. The number of allylic oxidation sites excluding steroid dienone is 2. The summed E-state index contributed by atoms with van der Waals surface area (Å²) < 4.78 is 0. The molecule has 0 spiro atoms. The molecule has 2 heteroatoms. The Hall–Kier alpha value is -2.35. The smallest absolute Gasteiger partial charge is 0.0685 e. The van der Waals surface area contributed by atoms with Gasteiger partial charge in [-0.15, -0.1) is 0 Å². The van der Waals surface area contributed by atoms with Gasteiger partial charge in [0, 0.05) is 17.8 Å². The number of oxime groups is 1. The second-order valence-electron chi connectivity index (χ2n) is 6.54. The van der Waals surface area contributed by atoms with Crippen molar-refractivity contribution in [1.82, 2.24) is 0 Å². The van der Waals surface area contributed by atoms with E-state index in [0.717, 1.165) is 18.6 Å². The summed E-state index contributed by atoms with van der Waals surface area (Å²) >= 11 is 0. The van der Waals surface area contributed by atoms with Crippen molar-refractivity contribution in [1.29, 1.82) is 0 Å². The molecule has 0 heterocycles. The summed E-state index contributed by atoms with van der Waals surface area (Å²) in [5.41, 5.74) is 4.86. The predicted molar refractivity (Wildman–Crippen MR) is 93.7 cm³/mol. The lowest BCUT2D eigenvalue weighted by Gasteiger charge is -2.40. The molecule has 116 valence electrons. The summed E-state index contributed by atoms with van der Waals surface area (Å²) in [4.78, 5) is 0. The fourth-order valence-electron chi connectivity index (χ4n) is 4.28. The number of nitrogens with zero attached hydrogens (tertiary/aromatic N) is 1. The zero-order valence-corrected chi connectivity index (χ0v) is 13.1. The molecule has 3 atom stereocenters. The molecule has 0 aromatic heterocycles. The molecule has 4 rings (SSSR count). The summed E-state index contributed by atoms with van der Waals surface area (Å²) in [6.45, 7) is 0. The third kappa shape index (κ3) is 2.48. The Balaban J connectivity index is 1.86. The predicted octanol–water partition coefficient (Wildman–Crippen LogP) is 5.11. The molecule has 1 fully saturated rings. The summed E-state index contributed by atoms with van der Waals surface area (Å²) in [5.74, 6) is 0.892. The molecule has 2 aromatic rings. The molecule has 3 unspecified atom stereocenters. The molecule has 1 saturated carbocycles. The standard InChI is InChI=1S/C21H21NO/c23-22-21-17-12-7-13-18(21)20(16-10-5-2-6-11-16)14-19(17)15-8-3-1-4-9-15/h1-6,8-11,14,17-19,23H,7,12-13H2. The zero-order valence-electron chi connectivity index (χ0n) is 13.1. The molecule has 1 N–H and O–H groups in total. The number of benzene rings is 2. The van der Waals surface area contributed by atoms with E-state index < -0.39 is 0 Å². The van der Waals surface area contributed by atoms with Gasteiger partial charge in [0.25, 0.3) is 0 Å². The van der Waals surface area contributed by atoms with Crippen LogP contribution in [0, 0.1) is 11.8 Å². The van der Waals surface area contributed by atoms with Crippen LogP contribution in [-0.4, -0.2) is 10.9 Å². The van der Waals surface area contributed by atoms with E-state index in [1.165, 1.54) is 23.1 Å². The summed E-state index contributed by atoms with van der Waals surface area (Å²) in [5, 5.41) is 13.4. The van der Waals surface area contributed by atoms with Crippen molar-refractivity contribution in [2.24, 2.45) is 17.0 Å². The van der Waals surface area contributed by atoms with Gasteiger partial charge in [0.2, 0.25) is 0 Å². The fraction of sp³-hybridized carbons (Fsp3) is 0.286. The van der Waals surface area contributed by atoms with Crippen LogP contribution in [-0.2, 0) is 0 Å². The van der Waals surface area contributed by atoms with E-state index in [9.17, 15) is 5.21 Å². The molecule has 2 bridgehead atoms. The van der Waals surface area contributed by atoms with Crippen LogP contribution in [0.4, 0.5) is 0 Å². The van der Waals surface area contributed by atoms with Crippen LogP contribution in [0.2, 0.25) is 0 Å². The topological polar surface area (TPSA) is 32.6 Å².